The predicted octanol–water partition coefficient (Wildman–Crippen LogP) is 3.27. The molecule has 1 heterocycles. The molecule has 1 amide bonds. The maximum atomic E-state index is 12.2. The summed E-state index contributed by atoms with van der Waals surface area (Å²) in [4.78, 5) is 24.1. The van der Waals surface area contributed by atoms with Gasteiger partial charge in [0.1, 0.15) is 11.6 Å². The summed E-state index contributed by atoms with van der Waals surface area (Å²) in [5, 5.41) is 12.2. The molecule has 0 bridgehead atoms. The molecule has 1 aromatic rings. The zero-order valence-electron chi connectivity index (χ0n) is 16.7. The zero-order valence-corrected chi connectivity index (χ0v) is 16.7. The lowest BCUT2D eigenvalue weighted by Gasteiger charge is -2.12. The van der Waals surface area contributed by atoms with Gasteiger partial charge in [0.2, 0.25) is 0 Å². The average Bonchev–Trinajstić information content (AvgIpc) is 3.21. The number of aryl methyl sites for hydroxylation is 1. The molecular weight excluding hydrogens is 342 g/mol. The van der Waals surface area contributed by atoms with Crippen molar-refractivity contribution in [3.63, 3.8) is 0 Å². The summed E-state index contributed by atoms with van der Waals surface area (Å²) in [6, 6.07) is 4.02. The number of aromatic nitrogens is 1. The number of amides is 1. The van der Waals surface area contributed by atoms with E-state index in [-0.39, 0.29) is 24.1 Å². The molecule has 6 heteroatoms. The number of nitrogens with zero attached hydrogens (tertiary/aromatic N) is 2. The largest absolute Gasteiger partial charge is 0.451 e. The van der Waals surface area contributed by atoms with Gasteiger partial charge in [0.05, 0.1) is 0 Å². The lowest BCUT2D eigenvalue weighted by Crippen LogP contribution is -2.36. The third kappa shape index (κ3) is 5.72. The van der Waals surface area contributed by atoms with Gasteiger partial charge in [0, 0.05) is 24.0 Å². The van der Waals surface area contributed by atoms with Gasteiger partial charge >= 0.3 is 5.97 Å². The minimum Gasteiger partial charge on any atom is -0.451 e. The van der Waals surface area contributed by atoms with Gasteiger partial charge in [-0.05, 0) is 50.3 Å². The van der Waals surface area contributed by atoms with E-state index in [0.717, 1.165) is 49.2 Å². The van der Waals surface area contributed by atoms with E-state index < -0.39 is 5.97 Å². The Morgan fingerprint density at radius 3 is 2.63 bits per heavy atom. The number of hydrogen-bond donors (Lipinski definition) is 1. The van der Waals surface area contributed by atoms with E-state index in [4.69, 9.17) is 4.74 Å². The minimum atomic E-state index is -0.771. The first-order chi connectivity index (χ1) is 12.8. The SMILES string of the molecule is Cc1cc(C=C(C#N)C(=O)OCC(=O)NC2CCCC2)c(C)n1CC(C)C. The third-order valence-electron chi connectivity index (χ3n) is 4.86. The van der Waals surface area contributed by atoms with E-state index in [1.54, 1.807) is 0 Å². The Hall–Kier alpha value is -2.55. The van der Waals surface area contributed by atoms with Crippen LogP contribution in [0.2, 0.25) is 0 Å². The molecular formula is C21H29N3O3. The fourth-order valence-electron chi connectivity index (χ4n) is 3.46. The van der Waals surface area contributed by atoms with Gasteiger partial charge < -0.3 is 14.6 Å². The fraction of sp³-hybridized carbons (Fsp3) is 0.571. The Balaban J connectivity index is 2.01. The predicted molar refractivity (Wildman–Crippen MR) is 104 cm³/mol. The minimum absolute atomic E-state index is 0.103. The number of hydrogen-bond acceptors (Lipinski definition) is 4. The normalized spacial score (nSPS) is 15.0. The van der Waals surface area contributed by atoms with Crippen molar-refractivity contribution in [2.24, 2.45) is 5.92 Å². The Morgan fingerprint density at radius 1 is 1.37 bits per heavy atom. The van der Waals surface area contributed by atoms with Crippen LogP contribution in [0.25, 0.3) is 6.08 Å². The quantitative estimate of drug-likeness (QED) is 0.453. The van der Waals surface area contributed by atoms with Crippen molar-refractivity contribution >= 4 is 18.0 Å². The fourth-order valence-corrected chi connectivity index (χ4v) is 3.46. The summed E-state index contributed by atoms with van der Waals surface area (Å²) in [7, 11) is 0. The molecule has 0 spiro atoms. The number of nitrogens with one attached hydrogen (secondary N) is 1. The topological polar surface area (TPSA) is 84.1 Å². The maximum Gasteiger partial charge on any atom is 0.349 e. The van der Waals surface area contributed by atoms with Gasteiger partial charge in [0.25, 0.3) is 5.91 Å². The van der Waals surface area contributed by atoms with E-state index >= 15 is 0 Å². The maximum absolute atomic E-state index is 12.2. The van der Waals surface area contributed by atoms with E-state index in [0.29, 0.717) is 5.92 Å². The summed E-state index contributed by atoms with van der Waals surface area (Å²) in [6.45, 7) is 8.77. The number of nitriles is 1. The van der Waals surface area contributed by atoms with Crippen molar-refractivity contribution < 1.29 is 14.3 Å². The van der Waals surface area contributed by atoms with E-state index in [9.17, 15) is 14.9 Å². The van der Waals surface area contributed by atoms with Crippen molar-refractivity contribution in [2.45, 2.75) is 66.0 Å². The van der Waals surface area contributed by atoms with Gasteiger partial charge in [0.15, 0.2) is 6.61 Å². The highest BCUT2D eigenvalue weighted by molar-refractivity contribution is 5.99. The molecule has 0 unspecified atom stereocenters. The molecule has 0 aliphatic heterocycles. The molecule has 2 rings (SSSR count). The number of esters is 1. The highest BCUT2D eigenvalue weighted by Crippen LogP contribution is 2.20. The molecule has 1 aromatic heterocycles. The molecule has 0 radical (unpaired) electrons. The molecule has 27 heavy (non-hydrogen) atoms. The molecule has 146 valence electrons. The third-order valence-corrected chi connectivity index (χ3v) is 4.86. The first-order valence-electron chi connectivity index (χ1n) is 9.56. The lowest BCUT2D eigenvalue weighted by molar-refractivity contribution is -0.144. The summed E-state index contributed by atoms with van der Waals surface area (Å²) in [6.07, 6.45) is 5.70. The van der Waals surface area contributed by atoms with Gasteiger partial charge in [-0.3, -0.25) is 4.79 Å². The van der Waals surface area contributed by atoms with Crippen molar-refractivity contribution in [2.75, 3.05) is 6.61 Å². The van der Waals surface area contributed by atoms with Crippen LogP contribution in [0, 0.1) is 31.1 Å². The van der Waals surface area contributed by atoms with Crippen molar-refractivity contribution in [1.29, 1.82) is 5.26 Å². The van der Waals surface area contributed by atoms with Crippen molar-refractivity contribution in [3.8, 4) is 6.07 Å². The van der Waals surface area contributed by atoms with Gasteiger partial charge in [-0.15, -0.1) is 0 Å². The number of carbonyl (C=O) groups excluding carboxylic acids is 2. The molecule has 1 fully saturated rings. The summed E-state index contributed by atoms with van der Waals surface area (Å²) >= 11 is 0. The van der Waals surface area contributed by atoms with Crippen LogP contribution in [0.1, 0.15) is 56.5 Å². The van der Waals surface area contributed by atoms with Gasteiger partial charge in [-0.1, -0.05) is 26.7 Å². The van der Waals surface area contributed by atoms with Gasteiger partial charge in [-0.2, -0.15) is 5.26 Å². The van der Waals surface area contributed by atoms with Crippen LogP contribution in [0.3, 0.4) is 0 Å². The number of rotatable bonds is 7. The first kappa shape index (κ1) is 20.8. The van der Waals surface area contributed by atoms with Crippen LogP contribution >= 0.6 is 0 Å². The Morgan fingerprint density at radius 2 is 2.04 bits per heavy atom. The van der Waals surface area contributed by atoms with Crippen LogP contribution in [0.15, 0.2) is 11.6 Å². The highest BCUT2D eigenvalue weighted by atomic mass is 16.5. The molecule has 6 nitrogen and oxygen atoms in total. The molecule has 0 saturated heterocycles. The van der Waals surface area contributed by atoms with Crippen molar-refractivity contribution in [1.82, 2.24) is 9.88 Å². The Kier molecular flexibility index (Phi) is 7.23. The summed E-state index contributed by atoms with van der Waals surface area (Å²) < 4.78 is 7.20. The number of ether oxygens (including phenoxy) is 1. The summed E-state index contributed by atoms with van der Waals surface area (Å²) in [5.41, 5.74) is 2.79. The molecule has 0 atom stereocenters. The number of carbonyl (C=O) groups is 2. The standard InChI is InChI=1S/C21H29N3O3/c1-14(2)12-24-15(3)9-17(16(24)4)10-18(11-22)21(26)27-13-20(25)23-19-7-5-6-8-19/h9-10,14,19H,5-8,12-13H2,1-4H3,(H,23,25). The monoisotopic (exact) mass is 371 g/mol. The van der Waals surface area contributed by atoms with E-state index in [2.05, 4.69) is 23.7 Å². The highest BCUT2D eigenvalue weighted by Gasteiger charge is 2.19. The second kappa shape index (κ2) is 9.40. The van der Waals surface area contributed by atoms with Gasteiger partial charge in [-0.25, -0.2) is 4.79 Å². The summed E-state index contributed by atoms with van der Waals surface area (Å²) in [5.74, 6) is -0.596. The lowest BCUT2D eigenvalue weighted by atomic mass is 10.1. The molecule has 1 aliphatic carbocycles. The van der Waals surface area contributed by atoms with E-state index in [1.165, 1.54) is 6.08 Å². The van der Waals surface area contributed by atoms with Crippen molar-refractivity contribution in [3.05, 3.63) is 28.6 Å². The average molecular weight is 371 g/mol. The second-order valence-corrected chi connectivity index (χ2v) is 7.63. The second-order valence-electron chi connectivity index (χ2n) is 7.63. The zero-order chi connectivity index (χ0) is 20.0. The molecule has 1 aliphatic rings. The van der Waals surface area contributed by atoms with E-state index in [1.807, 2.05) is 26.0 Å². The molecule has 1 saturated carbocycles. The van der Waals surface area contributed by atoms with Crippen LogP contribution in [-0.4, -0.2) is 29.1 Å². The molecule has 0 aromatic carbocycles. The first-order valence-corrected chi connectivity index (χ1v) is 9.56. The Labute approximate surface area is 161 Å². The van der Waals surface area contributed by atoms with Crippen LogP contribution in [0.5, 0.6) is 0 Å². The smallest absolute Gasteiger partial charge is 0.349 e. The van der Waals surface area contributed by atoms with Crippen LogP contribution in [-0.2, 0) is 20.9 Å². The van der Waals surface area contributed by atoms with Crippen LogP contribution < -0.4 is 5.32 Å². The van der Waals surface area contributed by atoms with Crippen LogP contribution in [0.4, 0.5) is 0 Å². The molecule has 1 N–H and O–H groups in total. The Bertz CT molecular complexity index is 762.